The second kappa shape index (κ2) is 16.4. The molecule has 0 aliphatic carbocycles. The molecule has 0 aromatic carbocycles. The van der Waals surface area contributed by atoms with Gasteiger partial charge in [-0.25, -0.2) is 0 Å². The topological polar surface area (TPSA) is 0 Å². The maximum absolute atomic E-state index is 0. The normalized spacial score (nSPS) is 0. The molecule has 0 amide bonds. The molecule has 0 saturated heterocycles. The molecule has 0 aromatic rings. The van der Waals surface area contributed by atoms with Crippen LogP contribution in [0.25, 0.3) is 0 Å². The van der Waals surface area contributed by atoms with Gasteiger partial charge in [0.1, 0.15) is 0 Å². The van der Waals surface area contributed by atoms with Gasteiger partial charge in [0, 0.05) is 0 Å². The van der Waals surface area contributed by atoms with Gasteiger partial charge in [-0.2, -0.15) is 0 Å². The van der Waals surface area contributed by atoms with Gasteiger partial charge in [0.2, 0.25) is 0 Å². The van der Waals surface area contributed by atoms with Crippen LogP contribution in [-0.2, 0) is 0 Å². The number of halogens is 1. The fourth-order valence-corrected chi connectivity index (χ4v) is 0. The van der Waals surface area contributed by atoms with Crippen LogP contribution in [0.15, 0.2) is 0 Å². The molecule has 0 rings (SSSR count). The molecule has 4 heavy (non-hydrogen) atoms. The van der Waals surface area contributed by atoms with Gasteiger partial charge in [0.15, 0.2) is 0 Å². The predicted molar refractivity (Wildman–Crippen MR) is 23.9 cm³/mol. The first-order chi connectivity index (χ1) is 0. The van der Waals surface area contributed by atoms with Crippen LogP contribution < -0.4 is 0 Å². The van der Waals surface area contributed by atoms with E-state index < -0.39 is 0 Å². The van der Waals surface area contributed by atoms with Crippen LogP contribution in [0, 0.1) is 0 Å². The van der Waals surface area contributed by atoms with E-state index in [1.165, 1.54) is 0 Å². The Kier molecular flexibility index (Phi) is 112. The van der Waals surface area contributed by atoms with Crippen molar-refractivity contribution in [3.8, 4) is 0 Å². The molecule has 0 radical (unpaired) electrons. The van der Waals surface area contributed by atoms with E-state index in [0.29, 0.717) is 0 Å². The molecule has 0 nitrogen and oxygen atoms in total. The summed E-state index contributed by atoms with van der Waals surface area (Å²) < 4.78 is 0. The minimum absolute atomic E-state index is 0. The SMILES string of the molecule is F.[KH].[LiH].[NaH]. The van der Waals surface area contributed by atoms with Crippen molar-refractivity contribution in [3.05, 3.63) is 0 Å². The molecule has 0 saturated carbocycles. The zero-order chi connectivity index (χ0) is 0. The Balaban J connectivity index is 0. The van der Waals surface area contributed by atoms with Crippen LogP contribution in [0.3, 0.4) is 0 Å². The standard InChI is InChI=1S/FH.K.Li.Na.3H/h1H;;;;;;. The van der Waals surface area contributed by atoms with Gasteiger partial charge >= 0.3 is 99.8 Å². The predicted octanol–water partition coefficient (Wildman–Crippen LogP) is -1.79. The van der Waals surface area contributed by atoms with Crippen molar-refractivity contribution in [2.24, 2.45) is 0 Å². The van der Waals surface area contributed by atoms with Crippen molar-refractivity contribution in [2.75, 3.05) is 0 Å². The second-order valence-electron chi connectivity index (χ2n) is 0. The average molecular weight is 92.1 g/mol. The van der Waals surface area contributed by atoms with Gasteiger partial charge < -0.3 is 0 Å². The molecule has 4 heteroatoms. The van der Waals surface area contributed by atoms with Gasteiger partial charge in [0.05, 0.1) is 0 Å². The summed E-state index contributed by atoms with van der Waals surface area (Å²) in [4.78, 5) is 0. The number of hydrogen-bond donors (Lipinski definition) is 0. The summed E-state index contributed by atoms with van der Waals surface area (Å²) in [6.07, 6.45) is 0. The fourth-order valence-electron chi connectivity index (χ4n) is 0. The van der Waals surface area contributed by atoms with E-state index >= 15 is 0 Å². The molecule has 0 heterocycles. The van der Waals surface area contributed by atoms with E-state index in [0.717, 1.165) is 0 Å². The number of rotatable bonds is 0. The van der Waals surface area contributed by atoms with E-state index in [1.807, 2.05) is 0 Å². The molecule has 0 unspecified atom stereocenters. The third-order valence-corrected chi connectivity index (χ3v) is 0. The van der Waals surface area contributed by atoms with Crippen LogP contribution in [0.4, 0.5) is 4.70 Å². The monoisotopic (exact) mass is 92.0 g/mol. The van der Waals surface area contributed by atoms with Crippen molar-refractivity contribution >= 4 is 99.8 Å². The van der Waals surface area contributed by atoms with Crippen molar-refractivity contribution in [1.82, 2.24) is 0 Å². The molecule has 0 atom stereocenters. The zero-order valence-corrected chi connectivity index (χ0v) is 0.408. The summed E-state index contributed by atoms with van der Waals surface area (Å²) in [5.41, 5.74) is 0. The summed E-state index contributed by atoms with van der Waals surface area (Å²) in [5.74, 6) is 0. The van der Waals surface area contributed by atoms with Crippen LogP contribution in [-0.4, -0.2) is 99.8 Å². The first-order valence-electron chi connectivity index (χ1n) is 0. The molecule has 0 aromatic heterocycles. The van der Waals surface area contributed by atoms with E-state index in [1.54, 1.807) is 0 Å². The molecular formula is H4FKLiNa. The maximum atomic E-state index is 0. The Hall–Kier alpha value is 3.16. The quantitative estimate of drug-likeness (QED) is 0.309. The zero-order valence-electron chi connectivity index (χ0n) is 0.408. The van der Waals surface area contributed by atoms with E-state index in [9.17, 15) is 0 Å². The third kappa shape index (κ3) is 8.94. The van der Waals surface area contributed by atoms with Gasteiger partial charge in [-0.05, 0) is 0 Å². The Morgan fingerprint density at radius 1 is 1.00 bits per heavy atom. The summed E-state index contributed by atoms with van der Waals surface area (Å²) in [6.45, 7) is 0. The first-order valence-corrected chi connectivity index (χ1v) is 0. The van der Waals surface area contributed by atoms with E-state index in [2.05, 4.69) is 0 Å². The van der Waals surface area contributed by atoms with Gasteiger partial charge in [-0.3, -0.25) is 4.70 Å². The van der Waals surface area contributed by atoms with Crippen molar-refractivity contribution < 1.29 is 4.70 Å². The molecule has 0 aliphatic heterocycles. The summed E-state index contributed by atoms with van der Waals surface area (Å²) in [5, 5.41) is 0. The number of hydrogen-bond acceptors (Lipinski definition) is 0. The Labute approximate surface area is 102 Å². The Bertz CT molecular complexity index is 8.00. The van der Waals surface area contributed by atoms with Crippen molar-refractivity contribution in [3.63, 3.8) is 0 Å². The van der Waals surface area contributed by atoms with Gasteiger partial charge in [-0.15, -0.1) is 0 Å². The van der Waals surface area contributed by atoms with Crippen LogP contribution in [0.5, 0.6) is 0 Å². The van der Waals surface area contributed by atoms with Crippen LogP contribution in [0.2, 0.25) is 0 Å². The Morgan fingerprint density at radius 2 is 1.00 bits per heavy atom. The van der Waals surface area contributed by atoms with Gasteiger partial charge in [-0.1, -0.05) is 0 Å². The van der Waals surface area contributed by atoms with E-state index in [4.69, 9.17) is 0 Å². The van der Waals surface area contributed by atoms with Crippen molar-refractivity contribution in [2.45, 2.75) is 0 Å². The second-order valence-corrected chi connectivity index (χ2v) is 0. The van der Waals surface area contributed by atoms with Crippen LogP contribution >= 0.6 is 0 Å². The van der Waals surface area contributed by atoms with Crippen LogP contribution in [0.1, 0.15) is 0 Å². The molecule has 0 bridgehead atoms. The molecule has 0 spiro atoms. The van der Waals surface area contributed by atoms with Gasteiger partial charge in [0.25, 0.3) is 0 Å². The van der Waals surface area contributed by atoms with Crippen molar-refractivity contribution in [1.29, 1.82) is 0 Å². The Morgan fingerprint density at radius 3 is 1.00 bits per heavy atom. The molecule has 14 valence electrons. The third-order valence-electron chi connectivity index (χ3n) is 0. The summed E-state index contributed by atoms with van der Waals surface area (Å²) >= 11 is 0. The molecule has 0 fully saturated rings. The molecular weight excluding hydrogens is 88.0 g/mol. The molecule has 0 N–H and O–H groups in total. The minimum atomic E-state index is 0. The fraction of sp³-hybridized carbons (Fsp3) is 0. The first kappa shape index (κ1) is 27.2. The summed E-state index contributed by atoms with van der Waals surface area (Å²) in [6, 6.07) is 0. The molecule has 0 aliphatic rings. The average Bonchev–Trinajstić information content (AvgIpc) is 0. The van der Waals surface area contributed by atoms with E-state index in [-0.39, 0.29) is 105 Å². The summed E-state index contributed by atoms with van der Waals surface area (Å²) in [7, 11) is 0.